The first-order valence-electron chi connectivity index (χ1n) is 9.72. The first kappa shape index (κ1) is 26.5. The molecule has 25 heavy (non-hydrogen) atoms. The van der Waals surface area contributed by atoms with Crippen molar-refractivity contribution in [1.82, 2.24) is 0 Å². The quantitative estimate of drug-likeness (QED) is 0.0763. The molecule has 0 spiro atoms. The second kappa shape index (κ2) is 21.3. The summed E-state index contributed by atoms with van der Waals surface area (Å²) in [7, 11) is 0. The van der Waals surface area contributed by atoms with Crippen molar-refractivity contribution in [2.45, 2.75) is 96.8 Å². The molecule has 0 aliphatic carbocycles. The first-order chi connectivity index (χ1) is 11.7. The van der Waals surface area contributed by atoms with E-state index in [1.165, 1.54) is 57.8 Å². The summed E-state index contributed by atoms with van der Waals surface area (Å²) >= 11 is 0. The van der Waals surface area contributed by atoms with Gasteiger partial charge in [0, 0.05) is 32.0 Å². The zero-order valence-electron chi connectivity index (χ0n) is 16.3. The standard InChI is InChI=1S/C21H36O3.Zn/c1-3-5-6-7-8-9-10-11-12-13-14-15-16-17-18-19-21(23)24-20(22)4-2;/h4,11-12H,2-3,5-10,13-19H2,1H3;/b12-11-;. The van der Waals surface area contributed by atoms with Crippen molar-refractivity contribution in [3.05, 3.63) is 24.8 Å². The van der Waals surface area contributed by atoms with Crippen LogP contribution in [0.25, 0.3) is 0 Å². The molecule has 0 aliphatic heterocycles. The SMILES string of the molecule is C=CC(=O)OC(=O)CCCCCCC/C=C\CCCCCCCC.[Zn]. The van der Waals surface area contributed by atoms with E-state index in [-0.39, 0.29) is 19.5 Å². The number of esters is 2. The minimum absolute atomic E-state index is 0. The van der Waals surface area contributed by atoms with E-state index in [0.29, 0.717) is 6.42 Å². The molecule has 140 valence electrons. The van der Waals surface area contributed by atoms with E-state index in [9.17, 15) is 9.59 Å². The number of allylic oxidation sites excluding steroid dienone is 2. The Kier molecular flexibility index (Phi) is 22.5. The zero-order chi connectivity index (χ0) is 17.9. The Bertz CT molecular complexity index is 364. The number of carbonyl (C=O) groups excluding carboxylic acids is 2. The van der Waals surface area contributed by atoms with Gasteiger partial charge in [-0.1, -0.05) is 77.0 Å². The second-order valence-electron chi connectivity index (χ2n) is 6.33. The van der Waals surface area contributed by atoms with E-state index in [2.05, 4.69) is 30.4 Å². The minimum atomic E-state index is -0.659. The molecule has 0 bridgehead atoms. The second-order valence-corrected chi connectivity index (χ2v) is 6.33. The van der Waals surface area contributed by atoms with Gasteiger partial charge >= 0.3 is 11.9 Å². The van der Waals surface area contributed by atoms with Crippen LogP contribution < -0.4 is 0 Å². The Morgan fingerprint density at radius 1 is 0.800 bits per heavy atom. The third-order valence-corrected chi connectivity index (χ3v) is 4.02. The van der Waals surface area contributed by atoms with Gasteiger partial charge in [0.2, 0.25) is 0 Å². The van der Waals surface area contributed by atoms with Crippen molar-refractivity contribution in [2.75, 3.05) is 0 Å². The summed E-state index contributed by atoms with van der Waals surface area (Å²) in [5.74, 6) is -1.11. The van der Waals surface area contributed by atoms with Gasteiger partial charge in [0.15, 0.2) is 0 Å². The van der Waals surface area contributed by atoms with Crippen LogP contribution in [0.1, 0.15) is 96.8 Å². The van der Waals surface area contributed by atoms with Crippen molar-refractivity contribution < 1.29 is 33.8 Å². The summed E-state index contributed by atoms with van der Waals surface area (Å²) < 4.78 is 4.51. The summed E-state index contributed by atoms with van der Waals surface area (Å²) in [5, 5.41) is 0. The van der Waals surface area contributed by atoms with Crippen LogP contribution >= 0.6 is 0 Å². The molecule has 0 aromatic carbocycles. The van der Waals surface area contributed by atoms with Crippen molar-refractivity contribution in [3.63, 3.8) is 0 Å². The van der Waals surface area contributed by atoms with Crippen molar-refractivity contribution in [2.24, 2.45) is 0 Å². The van der Waals surface area contributed by atoms with Crippen LogP contribution in [0.4, 0.5) is 0 Å². The largest absolute Gasteiger partial charge is 0.390 e. The van der Waals surface area contributed by atoms with E-state index in [4.69, 9.17) is 0 Å². The van der Waals surface area contributed by atoms with Crippen molar-refractivity contribution in [1.29, 1.82) is 0 Å². The molecular formula is C21H36O3Zn. The molecule has 0 radical (unpaired) electrons. The Labute approximate surface area is 167 Å². The molecule has 0 amide bonds. The van der Waals surface area contributed by atoms with E-state index < -0.39 is 11.9 Å². The molecule has 0 unspecified atom stereocenters. The third kappa shape index (κ3) is 21.2. The molecule has 0 saturated carbocycles. The van der Waals surface area contributed by atoms with Crippen LogP contribution in [-0.4, -0.2) is 11.9 Å². The molecule has 0 aromatic rings. The Hall–Kier alpha value is -0.757. The van der Waals surface area contributed by atoms with Crippen molar-refractivity contribution >= 4 is 11.9 Å². The fraction of sp³-hybridized carbons (Fsp3) is 0.714. The molecule has 0 saturated heterocycles. The van der Waals surface area contributed by atoms with E-state index in [1.54, 1.807) is 0 Å². The number of ether oxygens (including phenoxy) is 1. The normalized spacial score (nSPS) is 10.4. The zero-order valence-corrected chi connectivity index (χ0v) is 19.2. The number of carbonyl (C=O) groups is 2. The molecule has 4 heteroatoms. The average molecular weight is 402 g/mol. The van der Waals surface area contributed by atoms with Crippen LogP contribution in [0.5, 0.6) is 0 Å². The van der Waals surface area contributed by atoms with Crippen LogP contribution in [0, 0.1) is 0 Å². The van der Waals surface area contributed by atoms with E-state index in [1.807, 2.05) is 0 Å². The number of unbranched alkanes of at least 4 members (excludes halogenated alkanes) is 11. The predicted molar refractivity (Wildman–Crippen MR) is 101 cm³/mol. The summed E-state index contributed by atoms with van der Waals surface area (Å²) in [4.78, 5) is 22.1. The maximum absolute atomic E-state index is 11.2. The van der Waals surface area contributed by atoms with Gasteiger partial charge in [0.25, 0.3) is 0 Å². The summed E-state index contributed by atoms with van der Waals surface area (Å²) in [5.41, 5.74) is 0. The number of hydrogen-bond acceptors (Lipinski definition) is 3. The molecule has 0 aromatic heterocycles. The van der Waals surface area contributed by atoms with Crippen LogP contribution in [0.15, 0.2) is 24.8 Å². The number of rotatable bonds is 16. The third-order valence-electron chi connectivity index (χ3n) is 4.02. The van der Waals surface area contributed by atoms with Gasteiger partial charge in [0.1, 0.15) is 0 Å². The monoisotopic (exact) mass is 400 g/mol. The van der Waals surface area contributed by atoms with Gasteiger partial charge in [-0.2, -0.15) is 0 Å². The van der Waals surface area contributed by atoms with Gasteiger partial charge in [-0.05, 0) is 32.1 Å². The van der Waals surface area contributed by atoms with Crippen LogP contribution in [0.2, 0.25) is 0 Å². The van der Waals surface area contributed by atoms with Gasteiger partial charge in [-0.25, -0.2) is 4.79 Å². The number of hydrogen-bond donors (Lipinski definition) is 0. The summed E-state index contributed by atoms with van der Waals surface area (Å²) in [6.45, 7) is 5.51. The van der Waals surface area contributed by atoms with Crippen LogP contribution in [0.3, 0.4) is 0 Å². The predicted octanol–water partition coefficient (Wildman–Crippen LogP) is 6.28. The molecule has 3 nitrogen and oxygen atoms in total. The topological polar surface area (TPSA) is 43.4 Å². The van der Waals surface area contributed by atoms with Gasteiger partial charge in [0.05, 0.1) is 0 Å². The Morgan fingerprint density at radius 2 is 1.28 bits per heavy atom. The summed E-state index contributed by atoms with van der Waals surface area (Å²) in [6, 6.07) is 0. The van der Waals surface area contributed by atoms with Gasteiger partial charge in [-0.3, -0.25) is 4.79 Å². The first-order valence-corrected chi connectivity index (χ1v) is 9.72. The molecular weight excluding hydrogens is 366 g/mol. The molecule has 0 atom stereocenters. The molecule has 0 fully saturated rings. The Balaban J connectivity index is 0. The van der Waals surface area contributed by atoms with Gasteiger partial charge in [-0.15, -0.1) is 0 Å². The maximum Gasteiger partial charge on any atom is 0.337 e. The molecule has 0 rings (SSSR count). The smallest absolute Gasteiger partial charge is 0.337 e. The fourth-order valence-corrected chi connectivity index (χ4v) is 2.54. The minimum Gasteiger partial charge on any atom is -0.390 e. The maximum atomic E-state index is 11.2. The Morgan fingerprint density at radius 3 is 1.80 bits per heavy atom. The fourth-order valence-electron chi connectivity index (χ4n) is 2.54. The van der Waals surface area contributed by atoms with E-state index >= 15 is 0 Å². The molecule has 0 N–H and O–H groups in total. The molecule has 0 aliphatic rings. The molecule has 0 heterocycles. The van der Waals surface area contributed by atoms with Gasteiger partial charge < -0.3 is 4.74 Å². The van der Waals surface area contributed by atoms with Crippen LogP contribution in [-0.2, 0) is 33.8 Å². The summed E-state index contributed by atoms with van der Waals surface area (Å²) in [6.07, 6.45) is 21.9. The average Bonchev–Trinajstić information content (AvgIpc) is 2.58. The van der Waals surface area contributed by atoms with Crippen molar-refractivity contribution in [3.8, 4) is 0 Å². The van der Waals surface area contributed by atoms with E-state index in [0.717, 1.165) is 31.8 Å².